The van der Waals surface area contributed by atoms with Crippen molar-refractivity contribution in [2.24, 2.45) is 0 Å². The van der Waals surface area contributed by atoms with E-state index in [2.05, 4.69) is 15.3 Å². The van der Waals surface area contributed by atoms with Gasteiger partial charge in [-0.2, -0.15) is 0 Å². The predicted molar refractivity (Wildman–Crippen MR) is 53.6 cm³/mol. The lowest BCUT2D eigenvalue weighted by Gasteiger charge is -2.10. The molecule has 5 heteroatoms. The van der Waals surface area contributed by atoms with Crippen LogP contribution in [0.25, 0.3) is 0 Å². The molecule has 0 unspecified atom stereocenters. The van der Waals surface area contributed by atoms with Gasteiger partial charge in [-0.15, -0.1) is 0 Å². The van der Waals surface area contributed by atoms with Gasteiger partial charge in [0.15, 0.2) is 0 Å². The van der Waals surface area contributed by atoms with E-state index in [1.54, 1.807) is 6.07 Å². The third-order valence-corrected chi connectivity index (χ3v) is 2.41. The summed E-state index contributed by atoms with van der Waals surface area (Å²) in [5, 5.41) is 3.75. The number of hydrogen-bond donors (Lipinski definition) is 1. The third kappa shape index (κ3) is 2.56. The summed E-state index contributed by atoms with van der Waals surface area (Å²) < 4.78 is 5.47. The number of ether oxygens (including phenoxy) is 1. The molecule has 0 bridgehead atoms. The fourth-order valence-corrected chi connectivity index (χ4v) is 1.62. The minimum atomic E-state index is 0.411. The van der Waals surface area contributed by atoms with Gasteiger partial charge in [0.25, 0.3) is 0 Å². The van der Waals surface area contributed by atoms with Gasteiger partial charge in [-0.3, -0.25) is 0 Å². The molecule has 0 aromatic carbocycles. The Morgan fingerprint density at radius 3 is 3.21 bits per heavy atom. The highest BCUT2D eigenvalue weighted by atomic mass is 35.5. The summed E-state index contributed by atoms with van der Waals surface area (Å²) in [7, 11) is 0. The SMILES string of the molecule is Clc1cc(OC[C@@H]2CCCN2)ncn1. The van der Waals surface area contributed by atoms with Crippen LogP contribution in [0, 0.1) is 0 Å². The van der Waals surface area contributed by atoms with Crippen molar-refractivity contribution < 1.29 is 4.74 Å². The molecule has 1 N–H and O–H groups in total. The molecule has 1 atom stereocenters. The molecule has 2 heterocycles. The van der Waals surface area contributed by atoms with Gasteiger partial charge in [-0.1, -0.05) is 11.6 Å². The van der Waals surface area contributed by atoms with Crippen molar-refractivity contribution in [3.8, 4) is 5.88 Å². The molecule has 0 radical (unpaired) electrons. The largest absolute Gasteiger partial charge is 0.476 e. The average Bonchev–Trinajstić information content (AvgIpc) is 2.67. The first-order valence-corrected chi connectivity index (χ1v) is 5.06. The first kappa shape index (κ1) is 9.68. The van der Waals surface area contributed by atoms with Gasteiger partial charge in [0.05, 0.1) is 0 Å². The van der Waals surface area contributed by atoms with Crippen molar-refractivity contribution in [2.45, 2.75) is 18.9 Å². The van der Waals surface area contributed by atoms with Crippen molar-refractivity contribution in [2.75, 3.05) is 13.2 Å². The summed E-state index contributed by atoms with van der Waals surface area (Å²) in [5.41, 5.74) is 0. The second-order valence-electron chi connectivity index (χ2n) is 3.28. The van der Waals surface area contributed by atoms with Gasteiger partial charge in [0, 0.05) is 12.1 Å². The molecule has 1 aliphatic heterocycles. The van der Waals surface area contributed by atoms with Gasteiger partial charge in [0.2, 0.25) is 5.88 Å². The summed E-state index contributed by atoms with van der Waals surface area (Å²) in [6.45, 7) is 1.73. The number of nitrogens with one attached hydrogen (secondary N) is 1. The number of nitrogens with zero attached hydrogens (tertiary/aromatic N) is 2. The molecule has 1 aromatic rings. The molecular weight excluding hydrogens is 202 g/mol. The van der Waals surface area contributed by atoms with Crippen LogP contribution in [-0.4, -0.2) is 29.2 Å². The van der Waals surface area contributed by atoms with E-state index in [1.165, 1.54) is 19.2 Å². The van der Waals surface area contributed by atoms with Crippen LogP contribution in [0.2, 0.25) is 5.15 Å². The van der Waals surface area contributed by atoms with Gasteiger partial charge in [-0.25, -0.2) is 9.97 Å². The zero-order valence-electron chi connectivity index (χ0n) is 7.74. The fraction of sp³-hybridized carbons (Fsp3) is 0.556. The quantitative estimate of drug-likeness (QED) is 0.768. The topological polar surface area (TPSA) is 47.0 Å². The van der Waals surface area contributed by atoms with Crippen LogP contribution in [-0.2, 0) is 0 Å². The Morgan fingerprint density at radius 1 is 1.57 bits per heavy atom. The summed E-state index contributed by atoms with van der Waals surface area (Å²) in [6, 6.07) is 2.07. The summed E-state index contributed by atoms with van der Waals surface area (Å²) in [5.74, 6) is 0.540. The molecule has 2 rings (SSSR count). The molecule has 0 aliphatic carbocycles. The van der Waals surface area contributed by atoms with Gasteiger partial charge in [0.1, 0.15) is 18.1 Å². The fourth-order valence-electron chi connectivity index (χ4n) is 1.48. The number of hydrogen-bond acceptors (Lipinski definition) is 4. The van der Waals surface area contributed by atoms with Crippen LogP contribution in [0.4, 0.5) is 0 Å². The van der Waals surface area contributed by atoms with Crippen LogP contribution in [0.3, 0.4) is 0 Å². The van der Waals surface area contributed by atoms with Crippen molar-refractivity contribution in [3.05, 3.63) is 17.5 Å². The average molecular weight is 214 g/mol. The predicted octanol–water partition coefficient (Wildman–Crippen LogP) is 1.26. The molecule has 1 aromatic heterocycles. The third-order valence-electron chi connectivity index (χ3n) is 2.20. The van der Waals surface area contributed by atoms with E-state index in [0.717, 1.165) is 6.54 Å². The Morgan fingerprint density at radius 2 is 2.50 bits per heavy atom. The molecule has 0 spiro atoms. The lowest BCUT2D eigenvalue weighted by molar-refractivity contribution is 0.267. The van der Waals surface area contributed by atoms with Gasteiger partial charge < -0.3 is 10.1 Å². The van der Waals surface area contributed by atoms with Crippen LogP contribution >= 0.6 is 11.6 Å². The maximum absolute atomic E-state index is 5.69. The summed E-state index contributed by atoms with van der Waals surface area (Å²) in [6.07, 6.45) is 3.79. The molecular formula is C9H12ClN3O. The maximum atomic E-state index is 5.69. The van der Waals surface area contributed by atoms with E-state index < -0.39 is 0 Å². The van der Waals surface area contributed by atoms with Gasteiger partial charge in [-0.05, 0) is 19.4 Å². The highest BCUT2D eigenvalue weighted by Gasteiger charge is 2.14. The molecule has 1 fully saturated rings. The zero-order chi connectivity index (χ0) is 9.80. The highest BCUT2D eigenvalue weighted by molar-refractivity contribution is 6.29. The Labute approximate surface area is 87.7 Å². The molecule has 1 aliphatic rings. The minimum absolute atomic E-state index is 0.411. The Bertz CT molecular complexity index is 302. The molecule has 0 saturated carbocycles. The standard InChI is InChI=1S/C9H12ClN3O/c10-8-4-9(13-6-12-8)14-5-7-2-1-3-11-7/h4,6-7,11H,1-3,5H2/t7-/m0/s1. The van der Waals surface area contributed by atoms with E-state index in [4.69, 9.17) is 16.3 Å². The first-order chi connectivity index (χ1) is 6.84. The van der Waals surface area contributed by atoms with Gasteiger partial charge >= 0.3 is 0 Å². The molecule has 1 saturated heterocycles. The van der Waals surface area contributed by atoms with E-state index in [9.17, 15) is 0 Å². The van der Waals surface area contributed by atoms with E-state index in [-0.39, 0.29) is 0 Å². The summed E-state index contributed by atoms with van der Waals surface area (Å²) >= 11 is 5.69. The van der Waals surface area contributed by atoms with E-state index in [1.807, 2.05) is 0 Å². The van der Waals surface area contributed by atoms with Crippen molar-refractivity contribution >= 4 is 11.6 Å². The van der Waals surface area contributed by atoms with Crippen molar-refractivity contribution in [3.63, 3.8) is 0 Å². The Hall–Kier alpha value is -0.870. The lowest BCUT2D eigenvalue weighted by atomic mass is 10.2. The van der Waals surface area contributed by atoms with E-state index in [0.29, 0.717) is 23.7 Å². The second-order valence-corrected chi connectivity index (χ2v) is 3.67. The van der Waals surface area contributed by atoms with Crippen LogP contribution < -0.4 is 10.1 Å². The van der Waals surface area contributed by atoms with Crippen LogP contribution in [0.1, 0.15) is 12.8 Å². The molecule has 4 nitrogen and oxygen atoms in total. The highest BCUT2D eigenvalue weighted by Crippen LogP contribution is 2.12. The lowest BCUT2D eigenvalue weighted by Crippen LogP contribution is -2.28. The number of aromatic nitrogens is 2. The molecule has 0 amide bonds. The normalized spacial score (nSPS) is 21.1. The minimum Gasteiger partial charge on any atom is -0.476 e. The Kier molecular flexibility index (Phi) is 3.16. The van der Waals surface area contributed by atoms with Crippen molar-refractivity contribution in [1.29, 1.82) is 0 Å². The van der Waals surface area contributed by atoms with E-state index >= 15 is 0 Å². The number of rotatable bonds is 3. The number of halogens is 1. The molecule has 14 heavy (non-hydrogen) atoms. The zero-order valence-corrected chi connectivity index (χ0v) is 8.50. The second kappa shape index (κ2) is 4.57. The molecule has 76 valence electrons. The smallest absolute Gasteiger partial charge is 0.217 e. The maximum Gasteiger partial charge on any atom is 0.217 e. The van der Waals surface area contributed by atoms with Crippen molar-refractivity contribution in [1.82, 2.24) is 15.3 Å². The first-order valence-electron chi connectivity index (χ1n) is 4.68. The van der Waals surface area contributed by atoms with Crippen LogP contribution in [0.5, 0.6) is 5.88 Å². The Balaban J connectivity index is 1.85. The van der Waals surface area contributed by atoms with Crippen LogP contribution in [0.15, 0.2) is 12.4 Å². The monoisotopic (exact) mass is 213 g/mol. The summed E-state index contributed by atoms with van der Waals surface area (Å²) in [4.78, 5) is 7.73.